The molecule has 7 heteroatoms. The fourth-order valence-corrected chi connectivity index (χ4v) is 4.39. The lowest BCUT2D eigenvalue weighted by molar-refractivity contribution is 0.503. The van der Waals surface area contributed by atoms with E-state index < -0.39 is 0 Å². The molecule has 0 aromatic carbocycles. The van der Waals surface area contributed by atoms with Gasteiger partial charge in [0.1, 0.15) is 10.5 Å². The molecule has 0 saturated carbocycles. The lowest BCUT2D eigenvalue weighted by Crippen LogP contribution is -2.31. The molecule has 3 N–H and O–H groups in total. The number of nitrogens with zero attached hydrogens (tertiary/aromatic N) is 2. The van der Waals surface area contributed by atoms with E-state index in [2.05, 4.69) is 40.1 Å². The highest BCUT2D eigenvalue weighted by Gasteiger charge is 2.22. The van der Waals surface area contributed by atoms with Crippen molar-refractivity contribution < 1.29 is 0 Å². The highest BCUT2D eigenvalue weighted by molar-refractivity contribution is 7.22. The topological polar surface area (TPSA) is 86.5 Å². The average Bonchev–Trinajstić information content (AvgIpc) is 3.26. The zero-order chi connectivity index (χ0) is 19.0. The van der Waals surface area contributed by atoms with Crippen LogP contribution < -0.4 is 10.9 Å². The van der Waals surface area contributed by atoms with Crippen LogP contribution in [0.1, 0.15) is 30.9 Å². The van der Waals surface area contributed by atoms with Gasteiger partial charge in [0.15, 0.2) is 0 Å². The average molecular weight is 379 g/mol. The van der Waals surface area contributed by atoms with Crippen LogP contribution in [-0.2, 0) is 0 Å². The largest absolute Gasteiger partial charge is 0.308 e. The monoisotopic (exact) mass is 379 g/mol. The molecule has 4 rings (SSSR count). The summed E-state index contributed by atoms with van der Waals surface area (Å²) in [5.41, 5.74) is 5.17. The van der Waals surface area contributed by atoms with Crippen LogP contribution >= 0.6 is 11.3 Å². The molecule has 0 saturated heterocycles. The summed E-state index contributed by atoms with van der Waals surface area (Å²) in [6.07, 6.45) is 8.38. The third kappa shape index (κ3) is 3.31. The van der Waals surface area contributed by atoms with Crippen molar-refractivity contribution in [3.8, 4) is 10.4 Å². The Morgan fingerprint density at radius 1 is 1.37 bits per heavy atom. The first-order chi connectivity index (χ1) is 13.1. The Bertz CT molecular complexity index is 1130. The van der Waals surface area contributed by atoms with Crippen molar-refractivity contribution >= 4 is 21.6 Å². The van der Waals surface area contributed by atoms with E-state index in [0.717, 1.165) is 34.6 Å². The van der Waals surface area contributed by atoms with Crippen LogP contribution in [0.4, 0.5) is 0 Å². The van der Waals surface area contributed by atoms with Crippen molar-refractivity contribution in [1.29, 1.82) is 0 Å². The molecule has 1 aliphatic heterocycles. The maximum absolute atomic E-state index is 12.6. The molecular weight excluding hydrogens is 358 g/mol. The Balaban J connectivity index is 1.69. The minimum Gasteiger partial charge on any atom is -0.308 e. The minimum absolute atomic E-state index is 0.00184. The van der Waals surface area contributed by atoms with Crippen LogP contribution in [-0.4, -0.2) is 26.7 Å². The van der Waals surface area contributed by atoms with Gasteiger partial charge in [-0.15, -0.1) is 11.3 Å². The Kier molecular flexibility index (Phi) is 4.63. The molecule has 1 atom stereocenters. The predicted octanol–water partition coefficient (Wildman–Crippen LogP) is 3.78. The highest BCUT2D eigenvalue weighted by Crippen LogP contribution is 2.33. The van der Waals surface area contributed by atoms with E-state index in [1.54, 1.807) is 12.3 Å². The SMILES string of the molecule is C=C/C=C\C1=C(C)CC(c2nc3cc(-c4cn[nH]c4C)sc3c(=O)[nH]2)NC1. The third-order valence-corrected chi connectivity index (χ3v) is 6.01. The Hall–Kier alpha value is -2.77. The fourth-order valence-electron chi connectivity index (χ4n) is 3.33. The van der Waals surface area contributed by atoms with Crippen molar-refractivity contribution in [3.63, 3.8) is 0 Å². The molecule has 138 valence electrons. The lowest BCUT2D eigenvalue weighted by atomic mass is 9.96. The zero-order valence-corrected chi connectivity index (χ0v) is 16.1. The van der Waals surface area contributed by atoms with Gasteiger partial charge in [-0.1, -0.05) is 30.4 Å². The third-order valence-electron chi connectivity index (χ3n) is 4.86. The highest BCUT2D eigenvalue weighted by atomic mass is 32.1. The maximum Gasteiger partial charge on any atom is 0.268 e. The molecule has 0 spiro atoms. The first kappa shape index (κ1) is 17.6. The summed E-state index contributed by atoms with van der Waals surface area (Å²) in [6, 6.07) is 1.97. The van der Waals surface area contributed by atoms with E-state index in [0.29, 0.717) is 10.5 Å². The van der Waals surface area contributed by atoms with E-state index in [1.807, 2.05) is 19.1 Å². The van der Waals surface area contributed by atoms with Crippen molar-refractivity contribution in [2.75, 3.05) is 6.54 Å². The molecule has 1 aliphatic rings. The van der Waals surface area contributed by atoms with E-state index >= 15 is 0 Å². The summed E-state index contributed by atoms with van der Waals surface area (Å²) in [7, 11) is 0. The molecule has 1 unspecified atom stereocenters. The van der Waals surface area contributed by atoms with Crippen LogP contribution in [0.5, 0.6) is 0 Å². The van der Waals surface area contributed by atoms with E-state index in [9.17, 15) is 4.79 Å². The molecule has 0 fully saturated rings. The maximum atomic E-state index is 12.6. The molecule has 27 heavy (non-hydrogen) atoms. The number of rotatable bonds is 4. The van der Waals surface area contributed by atoms with Gasteiger partial charge in [0.05, 0.1) is 17.8 Å². The molecule has 0 amide bonds. The summed E-state index contributed by atoms with van der Waals surface area (Å²) < 4.78 is 0.645. The Morgan fingerprint density at radius 2 is 2.22 bits per heavy atom. The number of aryl methyl sites for hydroxylation is 1. The van der Waals surface area contributed by atoms with E-state index in [4.69, 9.17) is 4.98 Å². The molecular formula is C20H21N5OS. The van der Waals surface area contributed by atoms with Crippen LogP contribution in [0.15, 0.2) is 53.0 Å². The van der Waals surface area contributed by atoms with Gasteiger partial charge in [-0.05, 0) is 31.9 Å². The first-order valence-electron chi connectivity index (χ1n) is 8.82. The van der Waals surface area contributed by atoms with Gasteiger partial charge in [0.25, 0.3) is 5.56 Å². The number of fused-ring (bicyclic) bond motifs is 1. The fraction of sp³-hybridized carbons (Fsp3) is 0.250. The smallest absolute Gasteiger partial charge is 0.268 e. The van der Waals surface area contributed by atoms with Gasteiger partial charge in [-0.25, -0.2) is 4.98 Å². The molecule has 3 aromatic heterocycles. The minimum atomic E-state index is -0.0896. The first-order valence-corrected chi connectivity index (χ1v) is 9.63. The quantitative estimate of drug-likeness (QED) is 0.602. The van der Waals surface area contributed by atoms with E-state index in [1.165, 1.54) is 22.5 Å². The number of nitrogens with one attached hydrogen (secondary N) is 3. The normalized spacial score (nSPS) is 17.9. The molecule has 4 heterocycles. The number of hydrogen-bond donors (Lipinski definition) is 3. The zero-order valence-electron chi connectivity index (χ0n) is 15.3. The number of allylic oxidation sites excluding steroid dienone is 2. The summed E-state index contributed by atoms with van der Waals surface area (Å²) in [5, 5.41) is 10.5. The molecule has 0 radical (unpaired) electrons. The van der Waals surface area contributed by atoms with Crippen molar-refractivity contribution in [3.05, 3.63) is 70.1 Å². The number of hydrogen-bond acceptors (Lipinski definition) is 5. The van der Waals surface area contributed by atoms with Crippen LogP contribution in [0.2, 0.25) is 0 Å². The second-order valence-corrected chi connectivity index (χ2v) is 7.78. The van der Waals surface area contributed by atoms with Gasteiger partial charge < -0.3 is 10.3 Å². The van der Waals surface area contributed by atoms with Crippen molar-refractivity contribution in [2.45, 2.75) is 26.3 Å². The van der Waals surface area contributed by atoms with Crippen LogP contribution in [0, 0.1) is 6.92 Å². The van der Waals surface area contributed by atoms with Crippen molar-refractivity contribution in [1.82, 2.24) is 25.5 Å². The molecule has 0 bridgehead atoms. The van der Waals surface area contributed by atoms with Gasteiger partial charge >= 0.3 is 0 Å². The van der Waals surface area contributed by atoms with Gasteiger partial charge in [-0.2, -0.15) is 5.10 Å². The summed E-state index contributed by atoms with van der Waals surface area (Å²) in [6.45, 7) is 8.54. The lowest BCUT2D eigenvalue weighted by Gasteiger charge is -2.25. The summed E-state index contributed by atoms with van der Waals surface area (Å²) >= 11 is 1.45. The summed E-state index contributed by atoms with van der Waals surface area (Å²) in [4.78, 5) is 21.3. The number of aromatic nitrogens is 4. The number of thiophene rings is 1. The number of aromatic amines is 2. The predicted molar refractivity (Wildman–Crippen MR) is 110 cm³/mol. The molecule has 3 aromatic rings. The van der Waals surface area contributed by atoms with Crippen LogP contribution in [0.3, 0.4) is 0 Å². The second kappa shape index (κ2) is 7.09. The van der Waals surface area contributed by atoms with Gasteiger partial charge in [0.2, 0.25) is 0 Å². The van der Waals surface area contributed by atoms with Crippen LogP contribution in [0.25, 0.3) is 20.7 Å². The standard InChI is InChI=1S/C20H21N5OS/c1-4-5-6-13-9-21-16(7-11(13)2)19-23-15-8-17(14-10-22-25-12(14)3)27-18(15)20(26)24-19/h4-6,8,10,16,21H,1,7,9H2,2-3H3,(H,22,25)(H,23,24,26)/b6-5-. The molecule has 6 nitrogen and oxygen atoms in total. The van der Waals surface area contributed by atoms with Gasteiger partial charge in [-0.3, -0.25) is 9.89 Å². The van der Waals surface area contributed by atoms with E-state index in [-0.39, 0.29) is 11.6 Å². The number of H-pyrrole nitrogens is 2. The van der Waals surface area contributed by atoms with Gasteiger partial charge in [0, 0.05) is 22.7 Å². The second-order valence-electron chi connectivity index (χ2n) is 6.72. The van der Waals surface area contributed by atoms with Crippen molar-refractivity contribution in [2.24, 2.45) is 0 Å². The molecule has 0 aliphatic carbocycles. The summed E-state index contributed by atoms with van der Waals surface area (Å²) in [5.74, 6) is 0.687. The Labute approximate surface area is 160 Å². The Morgan fingerprint density at radius 3 is 2.93 bits per heavy atom.